The van der Waals surface area contributed by atoms with Crippen LogP contribution < -0.4 is 9.64 Å². The van der Waals surface area contributed by atoms with Crippen molar-refractivity contribution in [3.8, 4) is 5.75 Å². The summed E-state index contributed by atoms with van der Waals surface area (Å²) in [6, 6.07) is 7.18. The molecule has 31 heavy (non-hydrogen) atoms. The molecule has 158 valence electrons. The predicted molar refractivity (Wildman–Crippen MR) is 109 cm³/mol. The fourth-order valence-electron chi connectivity index (χ4n) is 3.24. The quantitative estimate of drug-likeness (QED) is 0.555. The molecule has 1 N–H and O–H groups in total. The zero-order chi connectivity index (χ0) is 22.3. The van der Waals surface area contributed by atoms with Crippen molar-refractivity contribution in [1.82, 2.24) is 0 Å². The number of anilines is 1. The highest BCUT2D eigenvalue weighted by atomic mass is 35.5. The SMILES string of the molecule is O=C(O)c1scc2c1C(=O)N(c1cc(OCc3cc(F)cc(F)c3)ccc1Cl)C(=O)C2. The molecule has 0 saturated carbocycles. The highest BCUT2D eigenvalue weighted by molar-refractivity contribution is 7.12. The highest BCUT2D eigenvalue weighted by Gasteiger charge is 2.37. The van der Waals surface area contributed by atoms with Crippen molar-refractivity contribution in [3.05, 3.63) is 80.0 Å². The Labute approximate surface area is 183 Å². The van der Waals surface area contributed by atoms with Crippen molar-refractivity contribution in [2.45, 2.75) is 13.0 Å². The minimum atomic E-state index is -1.26. The summed E-state index contributed by atoms with van der Waals surface area (Å²) < 4.78 is 32.2. The number of benzene rings is 2. The first-order chi connectivity index (χ1) is 14.7. The Kier molecular flexibility index (Phi) is 5.47. The third-order valence-electron chi connectivity index (χ3n) is 4.56. The van der Waals surface area contributed by atoms with E-state index in [1.165, 1.54) is 23.6 Å². The number of amides is 2. The van der Waals surface area contributed by atoms with Gasteiger partial charge in [0.2, 0.25) is 5.91 Å². The number of imide groups is 1. The molecular formula is C21H12ClF2NO5S. The van der Waals surface area contributed by atoms with Crippen LogP contribution >= 0.6 is 22.9 Å². The van der Waals surface area contributed by atoms with Crippen LogP contribution in [0.15, 0.2) is 41.8 Å². The fraction of sp³-hybridized carbons (Fsp3) is 0.0952. The summed E-state index contributed by atoms with van der Waals surface area (Å²) in [5, 5.41) is 10.9. The first-order valence-corrected chi connectivity index (χ1v) is 10.1. The smallest absolute Gasteiger partial charge is 0.346 e. The summed E-state index contributed by atoms with van der Waals surface area (Å²) in [6.45, 7) is -0.171. The van der Waals surface area contributed by atoms with Gasteiger partial charge in [0.1, 0.15) is 28.9 Å². The first kappa shape index (κ1) is 21.0. The molecule has 2 heterocycles. The number of nitrogens with zero attached hydrogens (tertiary/aromatic N) is 1. The third-order valence-corrected chi connectivity index (χ3v) is 5.89. The van der Waals surface area contributed by atoms with Crippen LogP contribution in [0.25, 0.3) is 0 Å². The number of halogens is 3. The lowest BCUT2D eigenvalue weighted by Crippen LogP contribution is -2.42. The molecule has 0 radical (unpaired) electrons. The van der Waals surface area contributed by atoms with Crippen molar-refractivity contribution in [1.29, 1.82) is 0 Å². The molecule has 1 aliphatic heterocycles. The van der Waals surface area contributed by atoms with Crippen LogP contribution in [0.3, 0.4) is 0 Å². The maximum atomic E-state index is 13.3. The number of carbonyl (C=O) groups is 3. The molecule has 1 aliphatic rings. The Morgan fingerprint density at radius 1 is 1.16 bits per heavy atom. The standard InChI is InChI=1S/C21H12ClF2NO5S/c22-15-2-1-14(30-8-10-3-12(23)6-13(24)4-10)7-16(15)25-17(26)5-11-9-31-19(21(28)29)18(11)20(25)27/h1-4,6-7,9H,5,8H2,(H,28,29). The summed E-state index contributed by atoms with van der Waals surface area (Å²) in [5.74, 6) is -3.94. The molecule has 4 rings (SSSR count). The van der Waals surface area contributed by atoms with Gasteiger partial charge in [0.15, 0.2) is 0 Å². The number of carbonyl (C=O) groups excluding carboxylic acids is 2. The molecule has 0 unspecified atom stereocenters. The molecular weight excluding hydrogens is 452 g/mol. The van der Waals surface area contributed by atoms with E-state index in [1.807, 2.05) is 0 Å². The van der Waals surface area contributed by atoms with Crippen molar-refractivity contribution >= 4 is 46.4 Å². The van der Waals surface area contributed by atoms with E-state index in [-0.39, 0.29) is 45.5 Å². The first-order valence-electron chi connectivity index (χ1n) is 8.83. The average molecular weight is 464 g/mol. The Morgan fingerprint density at radius 2 is 1.87 bits per heavy atom. The molecule has 0 aliphatic carbocycles. The van der Waals surface area contributed by atoms with Gasteiger partial charge in [-0.05, 0) is 40.8 Å². The number of carboxylic acids is 1. The van der Waals surface area contributed by atoms with Crippen LogP contribution in [-0.4, -0.2) is 22.9 Å². The van der Waals surface area contributed by atoms with Crippen LogP contribution in [0, 0.1) is 11.6 Å². The summed E-state index contributed by atoms with van der Waals surface area (Å²) in [6.07, 6.45) is -0.158. The van der Waals surface area contributed by atoms with E-state index in [9.17, 15) is 28.3 Å². The molecule has 0 fully saturated rings. The van der Waals surface area contributed by atoms with Crippen molar-refractivity contribution in [2.24, 2.45) is 0 Å². The van der Waals surface area contributed by atoms with Gasteiger partial charge in [0.25, 0.3) is 5.91 Å². The fourth-order valence-corrected chi connectivity index (χ4v) is 4.34. The number of thiophene rings is 1. The molecule has 3 aromatic rings. The number of fused-ring (bicyclic) bond motifs is 1. The van der Waals surface area contributed by atoms with Crippen LogP contribution in [0.2, 0.25) is 5.02 Å². The molecule has 2 aromatic carbocycles. The monoisotopic (exact) mass is 463 g/mol. The predicted octanol–water partition coefficient (Wildman–Crippen LogP) is 4.69. The summed E-state index contributed by atoms with van der Waals surface area (Å²) >= 11 is 7.08. The largest absolute Gasteiger partial charge is 0.489 e. The van der Waals surface area contributed by atoms with Gasteiger partial charge in [-0.15, -0.1) is 11.3 Å². The molecule has 10 heteroatoms. The van der Waals surface area contributed by atoms with Crippen LogP contribution in [0.5, 0.6) is 5.75 Å². The number of hydrogen-bond donors (Lipinski definition) is 1. The molecule has 6 nitrogen and oxygen atoms in total. The second-order valence-corrected chi connectivity index (χ2v) is 7.95. The molecule has 0 bridgehead atoms. The van der Waals surface area contributed by atoms with Gasteiger partial charge in [-0.1, -0.05) is 11.6 Å². The van der Waals surface area contributed by atoms with Crippen molar-refractivity contribution in [2.75, 3.05) is 4.90 Å². The molecule has 1 aromatic heterocycles. The lowest BCUT2D eigenvalue weighted by Gasteiger charge is -2.26. The topological polar surface area (TPSA) is 83.9 Å². The van der Waals surface area contributed by atoms with Gasteiger partial charge >= 0.3 is 5.97 Å². The summed E-state index contributed by atoms with van der Waals surface area (Å²) in [7, 11) is 0. The van der Waals surface area contributed by atoms with Gasteiger partial charge < -0.3 is 9.84 Å². The lowest BCUT2D eigenvalue weighted by molar-refractivity contribution is -0.117. The highest BCUT2D eigenvalue weighted by Crippen LogP contribution is 2.36. The van der Waals surface area contributed by atoms with Gasteiger partial charge in [-0.3, -0.25) is 9.59 Å². The Bertz CT molecular complexity index is 1220. The van der Waals surface area contributed by atoms with Crippen molar-refractivity contribution < 1.29 is 33.0 Å². The number of aromatic carboxylic acids is 1. The third kappa shape index (κ3) is 4.01. The van der Waals surface area contributed by atoms with Crippen LogP contribution in [0.4, 0.5) is 14.5 Å². The van der Waals surface area contributed by atoms with Gasteiger partial charge in [0, 0.05) is 12.1 Å². The van der Waals surface area contributed by atoms with E-state index >= 15 is 0 Å². The minimum absolute atomic E-state index is 0.0211. The van der Waals surface area contributed by atoms with Crippen LogP contribution in [0.1, 0.15) is 31.2 Å². The number of ether oxygens (including phenoxy) is 1. The van der Waals surface area contributed by atoms with E-state index in [0.717, 1.165) is 34.4 Å². The normalized spacial score (nSPS) is 13.3. The second kappa shape index (κ2) is 8.09. The average Bonchev–Trinajstić information content (AvgIpc) is 3.12. The van der Waals surface area contributed by atoms with E-state index in [0.29, 0.717) is 5.56 Å². The van der Waals surface area contributed by atoms with E-state index < -0.39 is 29.4 Å². The Balaban J connectivity index is 1.65. The van der Waals surface area contributed by atoms with E-state index in [2.05, 4.69) is 0 Å². The lowest BCUT2D eigenvalue weighted by atomic mass is 10.0. The van der Waals surface area contributed by atoms with Gasteiger partial charge in [-0.25, -0.2) is 18.5 Å². The minimum Gasteiger partial charge on any atom is -0.489 e. The number of carboxylic acid groups (broad SMARTS) is 1. The van der Waals surface area contributed by atoms with Crippen molar-refractivity contribution in [3.63, 3.8) is 0 Å². The second-order valence-electron chi connectivity index (χ2n) is 6.66. The summed E-state index contributed by atoms with van der Waals surface area (Å²) in [4.78, 5) is 37.8. The van der Waals surface area contributed by atoms with E-state index in [1.54, 1.807) is 0 Å². The van der Waals surface area contributed by atoms with Crippen LogP contribution in [-0.2, 0) is 17.8 Å². The number of hydrogen-bond acceptors (Lipinski definition) is 5. The zero-order valence-corrected chi connectivity index (χ0v) is 17.1. The number of rotatable bonds is 5. The Hall–Kier alpha value is -3.30. The molecule has 0 atom stereocenters. The Morgan fingerprint density at radius 3 is 2.55 bits per heavy atom. The van der Waals surface area contributed by atoms with E-state index in [4.69, 9.17) is 16.3 Å². The summed E-state index contributed by atoms with van der Waals surface area (Å²) in [5.41, 5.74) is 0.570. The van der Waals surface area contributed by atoms with Gasteiger partial charge in [0.05, 0.1) is 22.7 Å². The van der Waals surface area contributed by atoms with Gasteiger partial charge in [-0.2, -0.15) is 0 Å². The molecule has 2 amide bonds. The maximum Gasteiger partial charge on any atom is 0.346 e. The maximum absolute atomic E-state index is 13.3. The zero-order valence-electron chi connectivity index (χ0n) is 15.5. The molecule has 0 spiro atoms. The molecule has 0 saturated heterocycles.